The fourth-order valence-corrected chi connectivity index (χ4v) is 4.54. The second kappa shape index (κ2) is 6.96. The van der Waals surface area contributed by atoms with Crippen molar-refractivity contribution in [3.63, 3.8) is 0 Å². The Morgan fingerprint density at radius 3 is 2.76 bits per heavy atom. The van der Waals surface area contributed by atoms with Crippen LogP contribution in [0.3, 0.4) is 0 Å². The fourth-order valence-electron chi connectivity index (χ4n) is 2.77. The average Bonchev–Trinajstić information content (AvgIpc) is 2.47. The predicted octanol–water partition coefficient (Wildman–Crippen LogP) is 2.14. The Morgan fingerprint density at radius 2 is 2.10 bits per heavy atom. The molecule has 1 fully saturated rings. The summed E-state index contributed by atoms with van der Waals surface area (Å²) in [5, 5.41) is 0.357. The van der Waals surface area contributed by atoms with Crippen molar-refractivity contribution in [1.82, 2.24) is 4.72 Å². The molecule has 0 aliphatic heterocycles. The van der Waals surface area contributed by atoms with Crippen LogP contribution < -0.4 is 15.2 Å². The highest BCUT2D eigenvalue weighted by molar-refractivity contribution is 7.89. The highest BCUT2D eigenvalue weighted by Gasteiger charge is 2.30. The molecule has 0 amide bonds. The van der Waals surface area contributed by atoms with Crippen molar-refractivity contribution < 1.29 is 13.2 Å². The summed E-state index contributed by atoms with van der Waals surface area (Å²) in [6, 6.07) is 4.43. The number of hydrogen-bond acceptors (Lipinski definition) is 4. The molecule has 0 spiro atoms. The molecule has 118 valence electrons. The standard InChI is InChI=1S/C14H21ClN2O3S/c1-20-13-7-6-11(15)8-14(13)21(18,19)17-12-5-3-2-4-10(12)9-16/h6-8,10,12,17H,2-5,9,16H2,1H3. The van der Waals surface area contributed by atoms with Gasteiger partial charge in [-0.05, 0) is 43.5 Å². The van der Waals surface area contributed by atoms with E-state index in [1.807, 2.05) is 0 Å². The molecular weight excluding hydrogens is 312 g/mol. The Kier molecular flexibility index (Phi) is 5.48. The predicted molar refractivity (Wildman–Crippen MR) is 83.1 cm³/mol. The number of halogens is 1. The maximum atomic E-state index is 12.6. The first-order chi connectivity index (χ1) is 9.97. The van der Waals surface area contributed by atoms with Crippen LogP contribution in [0.5, 0.6) is 5.75 Å². The molecule has 1 aromatic carbocycles. The lowest BCUT2D eigenvalue weighted by molar-refractivity contribution is 0.295. The second-order valence-electron chi connectivity index (χ2n) is 5.30. The fraction of sp³-hybridized carbons (Fsp3) is 0.571. The van der Waals surface area contributed by atoms with E-state index in [0.29, 0.717) is 11.6 Å². The van der Waals surface area contributed by atoms with Gasteiger partial charge in [0.15, 0.2) is 0 Å². The number of nitrogens with two attached hydrogens (primary N) is 1. The van der Waals surface area contributed by atoms with Crippen LogP contribution >= 0.6 is 11.6 Å². The van der Waals surface area contributed by atoms with Crippen molar-refractivity contribution in [2.75, 3.05) is 13.7 Å². The van der Waals surface area contributed by atoms with Crippen molar-refractivity contribution in [1.29, 1.82) is 0 Å². The number of benzene rings is 1. The van der Waals surface area contributed by atoms with E-state index in [0.717, 1.165) is 25.7 Å². The van der Waals surface area contributed by atoms with Crippen LogP contribution in [0.2, 0.25) is 5.02 Å². The molecule has 2 atom stereocenters. The summed E-state index contributed by atoms with van der Waals surface area (Å²) >= 11 is 5.91. The van der Waals surface area contributed by atoms with Crippen LogP contribution in [0, 0.1) is 5.92 Å². The summed E-state index contributed by atoms with van der Waals surface area (Å²) in [7, 11) is -2.25. The molecule has 1 aliphatic rings. The van der Waals surface area contributed by atoms with Crippen LogP contribution in [0.1, 0.15) is 25.7 Å². The average molecular weight is 333 g/mol. The Hall–Kier alpha value is -0.820. The molecular formula is C14H21ClN2O3S. The largest absolute Gasteiger partial charge is 0.495 e. The van der Waals surface area contributed by atoms with Crippen LogP contribution in [0.25, 0.3) is 0 Å². The van der Waals surface area contributed by atoms with E-state index in [1.165, 1.54) is 13.2 Å². The first kappa shape index (κ1) is 16.5. The van der Waals surface area contributed by atoms with Gasteiger partial charge in [0.2, 0.25) is 10.0 Å². The van der Waals surface area contributed by atoms with Crippen LogP contribution in [0.15, 0.2) is 23.1 Å². The van der Waals surface area contributed by atoms with E-state index >= 15 is 0 Å². The molecule has 0 aromatic heterocycles. The van der Waals surface area contributed by atoms with Gasteiger partial charge in [-0.25, -0.2) is 13.1 Å². The Bertz CT molecular complexity index is 592. The lowest BCUT2D eigenvalue weighted by Gasteiger charge is -2.31. The number of hydrogen-bond donors (Lipinski definition) is 2. The van der Waals surface area contributed by atoms with Gasteiger partial charge in [0.1, 0.15) is 10.6 Å². The van der Waals surface area contributed by atoms with E-state index in [2.05, 4.69) is 4.72 Å². The highest BCUT2D eigenvalue weighted by Crippen LogP contribution is 2.29. The lowest BCUT2D eigenvalue weighted by Crippen LogP contribution is -2.44. The third-order valence-electron chi connectivity index (χ3n) is 3.93. The van der Waals surface area contributed by atoms with E-state index in [-0.39, 0.29) is 22.6 Å². The molecule has 2 rings (SSSR count). The molecule has 2 unspecified atom stereocenters. The van der Waals surface area contributed by atoms with Crippen LogP contribution in [-0.2, 0) is 10.0 Å². The van der Waals surface area contributed by atoms with Crippen LogP contribution in [0.4, 0.5) is 0 Å². The zero-order valence-electron chi connectivity index (χ0n) is 12.0. The summed E-state index contributed by atoms with van der Waals surface area (Å²) in [6.45, 7) is 0.486. The minimum Gasteiger partial charge on any atom is -0.495 e. The van der Waals surface area contributed by atoms with Gasteiger partial charge in [-0.2, -0.15) is 0 Å². The number of sulfonamides is 1. The Balaban J connectivity index is 2.27. The van der Waals surface area contributed by atoms with Gasteiger partial charge in [-0.15, -0.1) is 0 Å². The molecule has 0 radical (unpaired) electrons. The summed E-state index contributed by atoms with van der Waals surface area (Å²) in [5.74, 6) is 0.464. The Labute approximate surface area is 130 Å². The van der Waals surface area contributed by atoms with Crippen molar-refractivity contribution >= 4 is 21.6 Å². The van der Waals surface area contributed by atoms with Gasteiger partial charge in [0, 0.05) is 11.1 Å². The SMILES string of the molecule is COc1ccc(Cl)cc1S(=O)(=O)NC1CCCCC1CN. The number of nitrogens with one attached hydrogen (secondary N) is 1. The van der Waals surface area contributed by atoms with Gasteiger partial charge in [-0.3, -0.25) is 0 Å². The number of methoxy groups -OCH3 is 1. The van der Waals surface area contributed by atoms with Crippen molar-refractivity contribution in [3.05, 3.63) is 23.2 Å². The van der Waals surface area contributed by atoms with Crippen molar-refractivity contribution in [2.24, 2.45) is 11.7 Å². The molecule has 0 heterocycles. The molecule has 1 aliphatic carbocycles. The summed E-state index contributed by atoms with van der Waals surface area (Å²) in [5.41, 5.74) is 5.75. The molecule has 1 aromatic rings. The summed E-state index contributed by atoms with van der Waals surface area (Å²) in [4.78, 5) is 0.0684. The van der Waals surface area contributed by atoms with E-state index in [9.17, 15) is 8.42 Å². The second-order valence-corrected chi connectivity index (χ2v) is 7.42. The maximum Gasteiger partial charge on any atom is 0.244 e. The minimum absolute atomic E-state index is 0.0684. The van der Waals surface area contributed by atoms with Crippen molar-refractivity contribution in [3.8, 4) is 5.75 Å². The molecule has 7 heteroatoms. The molecule has 0 bridgehead atoms. The third-order valence-corrected chi connectivity index (χ3v) is 5.68. The number of rotatable bonds is 5. The monoisotopic (exact) mass is 332 g/mol. The lowest BCUT2D eigenvalue weighted by atomic mass is 9.85. The van der Waals surface area contributed by atoms with Crippen LogP contribution in [-0.4, -0.2) is 28.1 Å². The molecule has 0 saturated heterocycles. The first-order valence-electron chi connectivity index (χ1n) is 7.04. The normalized spacial score (nSPS) is 23.0. The van der Waals surface area contributed by atoms with Gasteiger partial charge < -0.3 is 10.5 Å². The van der Waals surface area contributed by atoms with Gasteiger partial charge in [0.25, 0.3) is 0 Å². The minimum atomic E-state index is -3.68. The summed E-state index contributed by atoms with van der Waals surface area (Å²) < 4.78 is 33.1. The van der Waals surface area contributed by atoms with E-state index < -0.39 is 10.0 Å². The molecule has 3 N–H and O–H groups in total. The molecule has 5 nitrogen and oxygen atoms in total. The quantitative estimate of drug-likeness (QED) is 0.865. The zero-order chi connectivity index (χ0) is 15.5. The maximum absolute atomic E-state index is 12.6. The topological polar surface area (TPSA) is 81.4 Å². The van der Waals surface area contributed by atoms with E-state index in [1.54, 1.807) is 12.1 Å². The molecule has 1 saturated carbocycles. The van der Waals surface area contributed by atoms with E-state index in [4.69, 9.17) is 22.1 Å². The van der Waals surface area contributed by atoms with Crippen molar-refractivity contribution in [2.45, 2.75) is 36.6 Å². The first-order valence-corrected chi connectivity index (χ1v) is 8.90. The van der Waals surface area contributed by atoms with Gasteiger partial charge in [0.05, 0.1) is 7.11 Å². The third kappa shape index (κ3) is 3.88. The highest BCUT2D eigenvalue weighted by atomic mass is 35.5. The smallest absolute Gasteiger partial charge is 0.244 e. The van der Waals surface area contributed by atoms with Gasteiger partial charge >= 0.3 is 0 Å². The van der Waals surface area contributed by atoms with Gasteiger partial charge in [-0.1, -0.05) is 24.4 Å². The zero-order valence-corrected chi connectivity index (χ0v) is 13.6. The Morgan fingerprint density at radius 1 is 1.38 bits per heavy atom. The molecule has 21 heavy (non-hydrogen) atoms. The number of ether oxygens (including phenoxy) is 1. The summed E-state index contributed by atoms with van der Waals surface area (Å²) in [6.07, 6.45) is 3.87.